The number of nitrogens with one attached hydrogen (secondary N) is 1. The summed E-state index contributed by atoms with van der Waals surface area (Å²) in [6, 6.07) is 6.59. The topological polar surface area (TPSA) is 70.3 Å². The highest BCUT2D eigenvalue weighted by Crippen LogP contribution is 2.17. The van der Waals surface area contributed by atoms with E-state index in [2.05, 4.69) is 30.3 Å². The van der Waals surface area contributed by atoms with E-state index < -0.39 is 0 Å². The number of hydrogen-bond acceptors (Lipinski definition) is 7. The van der Waals surface area contributed by atoms with Gasteiger partial charge in [0.1, 0.15) is 5.82 Å². The summed E-state index contributed by atoms with van der Waals surface area (Å²) in [6.45, 7) is 4.12. The molecule has 2 aromatic rings. The summed E-state index contributed by atoms with van der Waals surface area (Å²) in [5, 5.41) is 11.1. The molecule has 1 N–H and O–H groups in total. The van der Waals surface area contributed by atoms with Crippen molar-refractivity contribution < 1.29 is 4.42 Å². The van der Waals surface area contributed by atoms with Crippen molar-refractivity contribution in [1.29, 1.82) is 0 Å². The highest BCUT2D eigenvalue weighted by molar-refractivity contribution is 5.41. The molecule has 0 spiro atoms. The molecule has 0 saturated carbocycles. The van der Waals surface area contributed by atoms with Crippen LogP contribution in [-0.4, -0.2) is 48.4 Å². The molecule has 0 bridgehead atoms. The summed E-state index contributed by atoms with van der Waals surface area (Å²) in [5.74, 6) is 1.64. The van der Waals surface area contributed by atoms with E-state index in [1.54, 1.807) is 0 Å². The molecule has 0 unspecified atom stereocenters. The van der Waals surface area contributed by atoms with Crippen LogP contribution < -0.4 is 15.1 Å². The van der Waals surface area contributed by atoms with Crippen LogP contribution in [0.25, 0.3) is 0 Å². The van der Waals surface area contributed by atoms with Crippen LogP contribution >= 0.6 is 0 Å². The maximum atomic E-state index is 5.61. The molecule has 0 amide bonds. The maximum Gasteiger partial charge on any atom is 0.318 e. The molecule has 0 atom stereocenters. The molecule has 106 valence electrons. The molecule has 0 radical (unpaired) electrons. The normalized spacial score (nSPS) is 15.7. The van der Waals surface area contributed by atoms with Gasteiger partial charge in [0.05, 0.1) is 6.54 Å². The minimum Gasteiger partial charge on any atom is -0.407 e. The minimum absolute atomic E-state index is 0.598. The van der Waals surface area contributed by atoms with Crippen molar-refractivity contribution in [2.75, 3.05) is 43.0 Å². The van der Waals surface area contributed by atoms with Crippen molar-refractivity contribution in [3.63, 3.8) is 0 Å². The van der Waals surface area contributed by atoms with Gasteiger partial charge in [-0.15, -0.1) is 5.10 Å². The number of nitrogens with zero attached hydrogens (tertiary/aromatic N) is 5. The standard InChI is InChI=1S/C13H18N6O/c1-14-10-12-16-17-13(20-12)19-8-6-18(7-9-19)11-4-2-3-5-15-11/h2-5,14H,6-10H2,1H3. The smallest absolute Gasteiger partial charge is 0.318 e. The molecule has 1 aliphatic heterocycles. The second-order valence-electron chi connectivity index (χ2n) is 4.67. The Morgan fingerprint density at radius 3 is 2.65 bits per heavy atom. The summed E-state index contributed by atoms with van der Waals surface area (Å²) >= 11 is 0. The summed E-state index contributed by atoms with van der Waals surface area (Å²) in [5.41, 5.74) is 0. The lowest BCUT2D eigenvalue weighted by atomic mass is 10.3. The van der Waals surface area contributed by atoms with Crippen molar-refractivity contribution in [3.8, 4) is 0 Å². The van der Waals surface area contributed by atoms with Crippen LogP contribution in [0.3, 0.4) is 0 Å². The molecule has 20 heavy (non-hydrogen) atoms. The van der Waals surface area contributed by atoms with Crippen molar-refractivity contribution in [3.05, 3.63) is 30.3 Å². The van der Waals surface area contributed by atoms with E-state index in [1.165, 1.54) is 0 Å². The van der Waals surface area contributed by atoms with E-state index in [9.17, 15) is 0 Å². The zero-order valence-corrected chi connectivity index (χ0v) is 11.5. The van der Waals surface area contributed by atoms with Crippen LogP contribution in [0.5, 0.6) is 0 Å². The molecule has 7 heteroatoms. The molecule has 1 fully saturated rings. The number of piperazine rings is 1. The van der Waals surface area contributed by atoms with E-state index in [1.807, 2.05) is 31.4 Å². The van der Waals surface area contributed by atoms with Gasteiger partial charge < -0.3 is 19.5 Å². The van der Waals surface area contributed by atoms with Crippen molar-refractivity contribution in [2.45, 2.75) is 6.54 Å². The predicted octanol–water partition coefficient (Wildman–Crippen LogP) is 0.511. The summed E-state index contributed by atoms with van der Waals surface area (Å²) in [6.07, 6.45) is 1.82. The summed E-state index contributed by atoms with van der Waals surface area (Å²) in [4.78, 5) is 8.76. The first-order chi connectivity index (χ1) is 9.86. The van der Waals surface area contributed by atoms with Crippen molar-refractivity contribution in [1.82, 2.24) is 20.5 Å². The van der Waals surface area contributed by atoms with Crippen LogP contribution in [0.4, 0.5) is 11.8 Å². The number of aromatic nitrogens is 3. The fourth-order valence-corrected chi connectivity index (χ4v) is 2.26. The SMILES string of the molecule is CNCc1nnc(N2CCN(c3ccccn3)CC2)o1. The zero-order chi connectivity index (χ0) is 13.8. The highest BCUT2D eigenvalue weighted by atomic mass is 16.4. The van der Waals surface area contributed by atoms with Crippen molar-refractivity contribution >= 4 is 11.8 Å². The highest BCUT2D eigenvalue weighted by Gasteiger charge is 2.21. The molecule has 0 aliphatic carbocycles. The van der Waals surface area contributed by atoms with Crippen LogP contribution in [-0.2, 0) is 6.54 Å². The first-order valence-electron chi connectivity index (χ1n) is 6.75. The maximum absolute atomic E-state index is 5.61. The lowest BCUT2D eigenvalue weighted by Gasteiger charge is -2.34. The van der Waals surface area contributed by atoms with Gasteiger partial charge in [0, 0.05) is 32.4 Å². The molecule has 3 heterocycles. The van der Waals surface area contributed by atoms with Crippen LogP contribution in [0.15, 0.2) is 28.8 Å². The number of anilines is 2. The monoisotopic (exact) mass is 274 g/mol. The molecule has 7 nitrogen and oxygen atoms in total. The number of rotatable bonds is 4. The third kappa shape index (κ3) is 2.72. The minimum atomic E-state index is 0.598. The van der Waals surface area contributed by atoms with Gasteiger partial charge in [-0.3, -0.25) is 0 Å². The molecule has 1 saturated heterocycles. The van der Waals surface area contributed by atoms with E-state index >= 15 is 0 Å². The van der Waals surface area contributed by atoms with Crippen LogP contribution in [0.2, 0.25) is 0 Å². The zero-order valence-electron chi connectivity index (χ0n) is 11.5. The Morgan fingerprint density at radius 2 is 1.95 bits per heavy atom. The first-order valence-corrected chi connectivity index (χ1v) is 6.75. The summed E-state index contributed by atoms with van der Waals surface area (Å²) < 4.78 is 5.61. The molecular weight excluding hydrogens is 256 g/mol. The third-order valence-electron chi connectivity index (χ3n) is 3.31. The van der Waals surface area contributed by atoms with Gasteiger partial charge in [-0.1, -0.05) is 11.2 Å². The van der Waals surface area contributed by atoms with E-state index in [0.29, 0.717) is 18.5 Å². The fraction of sp³-hybridized carbons (Fsp3) is 0.462. The second kappa shape index (κ2) is 5.87. The van der Waals surface area contributed by atoms with E-state index in [0.717, 1.165) is 32.0 Å². The van der Waals surface area contributed by atoms with Gasteiger partial charge in [0.2, 0.25) is 5.89 Å². The third-order valence-corrected chi connectivity index (χ3v) is 3.31. The Balaban J connectivity index is 1.60. The number of pyridine rings is 1. The molecular formula is C13H18N6O. The molecule has 3 rings (SSSR count). The van der Waals surface area contributed by atoms with Gasteiger partial charge >= 0.3 is 6.01 Å². The van der Waals surface area contributed by atoms with Gasteiger partial charge in [-0.25, -0.2) is 4.98 Å². The lowest BCUT2D eigenvalue weighted by Crippen LogP contribution is -2.47. The number of hydrogen-bond donors (Lipinski definition) is 1. The average molecular weight is 274 g/mol. The Bertz CT molecular complexity index is 535. The van der Waals surface area contributed by atoms with Gasteiger partial charge in [-0.05, 0) is 19.2 Å². The first kappa shape index (κ1) is 12.9. The van der Waals surface area contributed by atoms with E-state index in [-0.39, 0.29) is 0 Å². The molecule has 2 aromatic heterocycles. The van der Waals surface area contributed by atoms with Crippen molar-refractivity contribution in [2.24, 2.45) is 0 Å². The van der Waals surface area contributed by atoms with Gasteiger partial charge in [-0.2, -0.15) is 0 Å². The van der Waals surface area contributed by atoms with Gasteiger partial charge in [0.15, 0.2) is 0 Å². The van der Waals surface area contributed by atoms with Gasteiger partial charge in [0.25, 0.3) is 0 Å². The Kier molecular flexibility index (Phi) is 3.78. The lowest BCUT2D eigenvalue weighted by molar-refractivity contribution is 0.463. The van der Waals surface area contributed by atoms with Crippen LogP contribution in [0, 0.1) is 0 Å². The Morgan fingerprint density at radius 1 is 1.15 bits per heavy atom. The fourth-order valence-electron chi connectivity index (χ4n) is 2.26. The summed E-state index contributed by atoms with van der Waals surface area (Å²) in [7, 11) is 1.86. The largest absolute Gasteiger partial charge is 0.407 e. The average Bonchev–Trinajstić information content (AvgIpc) is 2.97. The Hall–Kier alpha value is -2.15. The molecule has 1 aliphatic rings. The second-order valence-corrected chi connectivity index (χ2v) is 4.67. The predicted molar refractivity (Wildman–Crippen MR) is 75.7 cm³/mol. The molecule has 0 aromatic carbocycles. The Labute approximate surface area is 117 Å². The quantitative estimate of drug-likeness (QED) is 0.871. The van der Waals surface area contributed by atoms with E-state index in [4.69, 9.17) is 4.42 Å². The van der Waals surface area contributed by atoms with Crippen LogP contribution in [0.1, 0.15) is 5.89 Å².